The molecule has 0 atom stereocenters. The molecule has 1 aliphatic heterocycles. The number of nitrogens with zero attached hydrogens (tertiary/aromatic N) is 3. The Morgan fingerprint density at radius 3 is 2.94 bits per heavy atom. The second-order valence-electron chi connectivity index (χ2n) is 5.27. The van der Waals surface area contributed by atoms with Gasteiger partial charge in [-0.05, 0) is 20.8 Å². The fourth-order valence-electron chi connectivity index (χ4n) is 2.22. The minimum absolute atomic E-state index is 0.100. The van der Waals surface area contributed by atoms with Gasteiger partial charge in [-0.3, -0.25) is 4.90 Å². The molecular formula is C12H21N5O. The van der Waals surface area contributed by atoms with Gasteiger partial charge in [0, 0.05) is 24.8 Å². The molecule has 100 valence electrons. The number of nitrogen functional groups attached to an aromatic ring is 1. The first-order valence-electron chi connectivity index (χ1n) is 6.16. The third-order valence-corrected chi connectivity index (χ3v) is 2.92. The van der Waals surface area contributed by atoms with Crippen LogP contribution in [-0.4, -0.2) is 40.2 Å². The number of rotatable bonds is 3. The van der Waals surface area contributed by atoms with Gasteiger partial charge in [0.05, 0.1) is 18.8 Å². The zero-order valence-corrected chi connectivity index (χ0v) is 11.2. The van der Waals surface area contributed by atoms with Crippen molar-refractivity contribution in [1.82, 2.24) is 14.9 Å². The van der Waals surface area contributed by atoms with Crippen molar-refractivity contribution < 1.29 is 4.74 Å². The van der Waals surface area contributed by atoms with Crippen LogP contribution in [0.2, 0.25) is 0 Å². The second-order valence-corrected chi connectivity index (χ2v) is 5.27. The molecular weight excluding hydrogens is 230 g/mol. The molecule has 1 saturated heterocycles. The van der Waals surface area contributed by atoms with Gasteiger partial charge in [0.2, 0.25) is 0 Å². The topological polar surface area (TPSA) is 76.3 Å². The minimum Gasteiger partial charge on any atom is -0.373 e. The fourth-order valence-corrected chi connectivity index (χ4v) is 2.22. The monoisotopic (exact) mass is 251 g/mol. The summed E-state index contributed by atoms with van der Waals surface area (Å²) in [5.41, 5.74) is 3.38. The smallest absolute Gasteiger partial charge is 0.145 e. The van der Waals surface area contributed by atoms with E-state index in [0.717, 1.165) is 37.8 Å². The number of ether oxygens (including phenoxy) is 1. The van der Waals surface area contributed by atoms with Gasteiger partial charge in [-0.25, -0.2) is 15.8 Å². The molecule has 0 aliphatic carbocycles. The molecule has 0 amide bonds. The number of morpholine rings is 1. The van der Waals surface area contributed by atoms with Gasteiger partial charge in [0.1, 0.15) is 11.6 Å². The van der Waals surface area contributed by atoms with E-state index in [9.17, 15) is 0 Å². The standard InChI is InChI=1S/C12H21N5O/c1-9-6-10(16-13)15-11(14-9)7-17-4-5-18-12(2,3)8-17/h6H,4-5,7-8,13H2,1-3H3,(H,14,15,16). The lowest BCUT2D eigenvalue weighted by atomic mass is 10.1. The lowest BCUT2D eigenvalue weighted by molar-refractivity contribution is -0.0887. The highest BCUT2D eigenvalue weighted by atomic mass is 16.5. The lowest BCUT2D eigenvalue weighted by Crippen LogP contribution is -2.47. The molecule has 0 spiro atoms. The quantitative estimate of drug-likeness (QED) is 0.608. The summed E-state index contributed by atoms with van der Waals surface area (Å²) in [5.74, 6) is 6.84. The molecule has 2 heterocycles. The Morgan fingerprint density at radius 2 is 2.28 bits per heavy atom. The first kappa shape index (κ1) is 13.2. The number of aromatic nitrogens is 2. The molecule has 2 rings (SSSR count). The van der Waals surface area contributed by atoms with Crippen LogP contribution in [0.1, 0.15) is 25.4 Å². The Bertz CT molecular complexity index is 421. The SMILES string of the molecule is Cc1cc(NN)nc(CN2CCOC(C)(C)C2)n1. The van der Waals surface area contributed by atoms with Crippen molar-refractivity contribution in [3.63, 3.8) is 0 Å². The molecule has 0 aromatic carbocycles. The Balaban J connectivity index is 2.07. The molecule has 1 aromatic rings. The first-order chi connectivity index (χ1) is 8.48. The third kappa shape index (κ3) is 3.38. The van der Waals surface area contributed by atoms with Crippen LogP contribution < -0.4 is 11.3 Å². The maximum absolute atomic E-state index is 5.69. The van der Waals surface area contributed by atoms with Crippen LogP contribution in [0.5, 0.6) is 0 Å². The van der Waals surface area contributed by atoms with Crippen molar-refractivity contribution in [3.05, 3.63) is 17.6 Å². The zero-order chi connectivity index (χ0) is 13.2. The molecule has 1 aromatic heterocycles. The van der Waals surface area contributed by atoms with Crippen molar-refractivity contribution in [2.75, 3.05) is 25.1 Å². The van der Waals surface area contributed by atoms with Crippen molar-refractivity contribution in [2.45, 2.75) is 32.9 Å². The summed E-state index contributed by atoms with van der Waals surface area (Å²) >= 11 is 0. The van der Waals surface area contributed by atoms with Gasteiger partial charge in [-0.2, -0.15) is 0 Å². The van der Waals surface area contributed by atoms with Gasteiger partial charge in [-0.15, -0.1) is 0 Å². The van der Waals surface area contributed by atoms with Crippen LogP contribution in [0.3, 0.4) is 0 Å². The highest BCUT2D eigenvalue weighted by Gasteiger charge is 2.27. The molecule has 0 unspecified atom stereocenters. The number of nitrogens with one attached hydrogen (secondary N) is 1. The normalized spacial score (nSPS) is 19.8. The molecule has 6 nitrogen and oxygen atoms in total. The summed E-state index contributed by atoms with van der Waals surface area (Å²) in [7, 11) is 0. The van der Waals surface area contributed by atoms with Gasteiger partial charge in [0.15, 0.2) is 0 Å². The van der Waals surface area contributed by atoms with E-state index in [4.69, 9.17) is 10.6 Å². The van der Waals surface area contributed by atoms with Crippen LogP contribution in [0.15, 0.2) is 6.07 Å². The van der Waals surface area contributed by atoms with Crippen LogP contribution >= 0.6 is 0 Å². The molecule has 0 saturated carbocycles. The number of aryl methyl sites for hydroxylation is 1. The van der Waals surface area contributed by atoms with Gasteiger partial charge in [-0.1, -0.05) is 0 Å². The van der Waals surface area contributed by atoms with E-state index in [1.54, 1.807) is 0 Å². The molecule has 3 N–H and O–H groups in total. The Labute approximate surface area is 108 Å². The summed E-state index contributed by atoms with van der Waals surface area (Å²) in [6.07, 6.45) is 0. The Morgan fingerprint density at radius 1 is 1.50 bits per heavy atom. The summed E-state index contributed by atoms with van der Waals surface area (Å²) in [6.45, 7) is 9.41. The van der Waals surface area contributed by atoms with Gasteiger partial charge in [0.25, 0.3) is 0 Å². The maximum Gasteiger partial charge on any atom is 0.145 e. The molecule has 1 fully saturated rings. The average molecular weight is 251 g/mol. The van der Waals surface area contributed by atoms with Crippen LogP contribution in [0.25, 0.3) is 0 Å². The van der Waals surface area contributed by atoms with Crippen molar-refractivity contribution >= 4 is 5.82 Å². The summed E-state index contributed by atoms with van der Waals surface area (Å²) in [6, 6.07) is 1.83. The maximum atomic E-state index is 5.69. The zero-order valence-electron chi connectivity index (χ0n) is 11.2. The average Bonchev–Trinajstić information content (AvgIpc) is 2.26. The number of anilines is 1. The molecule has 0 bridgehead atoms. The van der Waals surface area contributed by atoms with E-state index in [-0.39, 0.29) is 5.60 Å². The largest absolute Gasteiger partial charge is 0.373 e. The Hall–Kier alpha value is -1.24. The Kier molecular flexibility index (Phi) is 3.79. The predicted octanol–water partition coefficient (Wildman–Crippen LogP) is 0.681. The third-order valence-electron chi connectivity index (χ3n) is 2.92. The molecule has 0 radical (unpaired) electrons. The van der Waals surface area contributed by atoms with Crippen LogP contribution in [0, 0.1) is 6.92 Å². The summed E-state index contributed by atoms with van der Waals surface area (Å²) in [4.78, 5) is 11.1. The number of nitrogens with two attached hydrogens (primary N) is 1. The summed E-state index contributed by atoms with van der Waals surface area (Å²) in [5, 5.41) is 0. The van der Waals surface area contributed by atoms with Crippen molar-refractivity contribution in [3.8, 4) is 0 Å². The highest BCUT2D eigenvalue weighted by molar-refractivity contribution is 5.33. The first-order valence-corrected chi connectivity index (χ1v) is 6.16. The van der Waals surface area contributed by atoms with E-state index in [1.807, 2.05) is 13.0 Å². The molecule has 18 heavy (non-hydrogen) atoms. The van der Waals surface area contributed by atoms with Crippen molar-refractivity contribution in [2.24, 2.45) is 5.84 Å². The van der Waals surface area contributed by atoms with E-state index < -0.39 is 0 Å². The number of hydrogen-bond acceptors (Lipinski definition) is 6. The molecule has 1 aliphatic rings. The minimum atomic E-state index is -0.100. The van der Waals surface area contributed by atoms with Gasteiger partial charge < -0.3 is 10.2 Å². The number of hydrogen-bond donors (Lipinski definition) is 2. The second kappa shape index (κ2) is 5.17. The highest BCUT2D eigenvalue weighted by Crippen LogP contribution is 2.18. The molecule has 6 heteroatoms. The number of hydrazine groups is 1. The predicted molar refractivity (Wildman–Crippen MR) is 69.9 cm³/mol. The van der Waals surface area contributed by atoms with E-state index in [2.05, 4.69) is 34.1 Å². The fraction of sp³-hybridized carbons (Fsp3) is 0.667. The van der Waals surface area contributed by atoms with Crippen LogP contribution in [-0.2, 0) is 11.3 Å². The summed E-state index contributed by atoms with van der Waals surface area (Å²) < 4.78 is 5.69. The van der Waals surface area contributed by atoms with E-state index in [1.165, 1.54) is 0 Å². The van der Waals surface area contributed by atoms with E-state index >= 15 is 0 Å². The lowest BCUT2D eigenvalue weighted by Gasteiger charge is -2.37. The van der Waals surface area contributed by atoms with Crippen molar-refractivity contribution in [1.29, 1.82) is 0 Å². The van der Waals surface area contributed by atoms with Gasteiger partial charge >= 0.3 is 0 Å². The van der Waals surface area contributed by atoms with E-state index in [0.29, 0.717) is 5.82 Å². The van der Waals surface area contributed by atoms with Crippen LogP contribution in [0.4, 0.5) is 5.82 Å².